The maximum atomic E-state index is 12.2. The van der Waals surface area contributed by atoms with E-state index in [0.717, 1.165) is 24.8 Å². The van der Waals surface area contributed by atoms with Crippen molar-refractivity contribution in [1.82, 2.24) is 5.32 Å². The summed E-state index contributed by atoms with van der Waals surface area (Å²) >= 11 is 5.83. The lowest BCUT2D eigenvalue weighted by Gasteiger charge is -2.36. The number of rotatable bonds is 6. The Balaban J connectivity index is 1.37. The molecule has 3 rings (SSSR count). The van der Waals surface area contributed by atoms with Crippen LogP contribution in [0, 0.1) is 17.8 Å². The third kappa shape index (κ3) is 4.85. The molecule has 3 atom stereocenters. The lowest BCUT2D eigenvalue weighted by Crippen LogP contribution is -2.40. The van der Waals surface area contributed by atoms with E-state index in [2.05, 4.69) is 5.32 Å². The number of hydrogen-bond acceptors (Lipinski definition) is 4. The summed E-state index contributed by atoms with van der Waals surface area (Å²) in [4.78, 5) is 36.2. The molecule has 2 bridgehead atoms. The molecule has 140 valence electrons. The lowest BCUT2D eigenvalue weighted by atomic mass is 9.67. The molecule has 0 saturated heterocycles. The average molecular weight is 378 g/mol. The van der Waals surface area contributed by atoms with Gasteiger partial charge in [0, 0.05) is 23.4 Å². The fraction of sp³-hybridized carbons (Fsp3) is 0.550. The Morgan fingerprint density at radius 3 is 2.42 bits per heavy atom. The van der Waals surface area contributed by atoms with Crippen molar-refractivity contribution >= 4 is 29.3 Å². The Bertz CT molecular complexity index is 657. The number of Topliss-reactive ketones (excluding diaryl/α,β-unsaturated/α-hetero) is 1. The van der Waals surface area contributed by atoms with Gasteiger partial charge in [0.1, 0.15) is 5.78 Å². The first kappa shape index (κ1) is 18.9. The number of carbonyl (C=O) groups is 3. The van der Waals surface area contributed by atoms with Crippen LogP contribution in [0.3, 0.4) is 0 Å². The van der Waals surface area contributed by atoms with E-state index in [0.29, 0.717) is 36.6 Å². The number of carbonyl (C=O) groups excluding carboxylic acids is 3. The molecular formula is C20H24ClNO4. The van der Waals surface area contributed by atoms with Crippen LogP contribution in [0.5, 0.6) is 0 Å². The molecule has 2 aliphatic carbocycles. The summed E-state index contributed by atoms with van der Waals surface area (Å²) in [5, 5.41) is 3.43. The summed E-state index contributed by atoms with van der Waals surface area (Å²) in [5.74, 6) is -0.562. The largest absolute Gasteiger partial charge is 0.455 e. The number of esters is 1. The van der Waals surface area contributed by atoms with Gasteiger partial charge in [-0.1, -0.05) is 30.2 Å². The number of amides is 1. The molecule has 2 aliphatic rings. The number of fused-ring (bicyclic) bond motifs is 2. The highest BCUT2D eigenvalue weighted by atomic mass is 35.5. The topological polar surface area (TPSA) is 72.5 Å². The highest BCUT2D eigenvalue weighted by Crippen LogP contribution is 2.40. The van der Waals surface area contributed by atoms with Gasteiger partial charge in [-0.25, -0.2) is 0 Å². The van der Waals surface area contributed by atoms with Crippen molar-refractivity contribution in [3.8, 4) is 0 Å². The molecule has 2 saturated carbocycles. The van der Waals surface area contributed by atoms with Gasteiger partial charge in [0.2, 0.25) is 0 Å². The molecule has 0 aromatic heterocycles. The standard InChI is InChI=1S/C20H24ClNO4/c21-17-6-4-13(5-7-17)8-9-22-18(23)12-26-20(25)16-10-14-2-1-3-15(11-16)19(14)24/h4-7,14-16H,1-3,8-12H2,(H,22,23)/t14-,15+,16?. The van der Waals surface area contributed by atoms with Gasteiger partial charge in [0.05, 0.1) is 5.92 Å². The summed E-state index contributed by atoms with van der Waals surface area (Å²) in [5.41, 5.74) is 1.07. The van der Waals surface area contributed by atoms with E-state index in [-0.39, 0.29) is 36.2 Å². The summed E-state index contributed by atoms with van der Waals surface area (Å²) in [6.45, 7) is 0.208. The van der Waals surface area contributed by atoms with E-state index in [4.69, 9.17) is 16.3 Å². The molecule has 2 fully saturated rings. The average Bonchev–Trinajstić information content (AvgIpc) is 2.61. The van der Waals surface area contributed by atoms with Crippen molar-refractivity contribution in [3.05, 3.63) is 34.9 Å². The zero-order chi connectivity index (χ0) is 18.5. The van der Waals surface area contributed by atoms with Gasteiger partial charge >= 0.3 is 5.97 Å². The first-order valence-corrected chi connectivity index (χ1v) is 9.62. The number of hydrogen-bond donors (Lipinski definition) is 1. The second kappa shape index (κ2) is 8.67. The fourth-order valence-electron chi connectivity index (χ4n) is 3.97. The molecule has 0 heterocycles. The minimum atomic E-state index is -0.345. The van der Waals surface area contributed by atoms with E-state index in [9.17, 15) is 14.4 Å². The zero-order valence-corrected chi connectivity index (χ0v) is 15.5. The maximum absolute atomic E-state index is 12.2. The molecule has 1 aromatic carbocycles. The molecule has 6 heteroatoms. The van der Waals surface area contributed by atoms with Crippen LogP contribution in [0.1, 0.15) is 37.7 Å². The van der Waals surface area contributed by atoms with E-state index in [1.165, 1.54) is 0 Å². The molecule has 5 nitrogen and oxygen atoms in total. The van der Waals surface area contributed by atoms with Crippen LogP contribution in [0.25, 0.3) is 0 Å². The van der Waals surface area contributed by atoms with Crippen molar-refractivity contribution < 1.29 is 19.1 Å². The van der Waals surface area contributed by atoms with Gasteiger partial charge in [-0.3, -0.25) is 14.4 Å². The van der Waals surface area contributed by atoms with E-state index >= 15 is 0 Å². The van der Waals surface area contributed by atoms with Crippen LogP contribution in [-0.2, 0) is 25.5 Å². The van der Waals surface area contributed by atoms with E-state index < -0.39 is 0 Å². The van der Waals surface area contributed by atoms with Crippen molar-refractivity contribution in [3.63, 3.8) is 0 Å². The predicted octanol–water partition coefficient (Wildman–Crippen LogP) is 2.94. The van der Waals surface area contributed by atoms with Gasteiger partial charge in [-0.2, -0.15) is 0 Å². The van der Waals surface area contributed by atoms with E-state index in [1.807, 2.05) is 24.3 Å². The van der Waals surface area contributed by atoms with Crippen molar-refractivity contribution in [1.29, 1.82) is 0 Å². The Morgan fingerprint density at radius 2 is 1.77 bits per heavy atom. The Kier molecular flexibility index (Phi) is 6.30. The first-order chi connectivity index (χ1) is 12.5. The second-order valence-electron chi connectivity index (χ2n) is 7.23. The monoisotopic (exact) mass is 377 g/mol. The van der Waals surface area contributed by atoms with Crippen molar-refractivity contribution in [2.75, 3.05) is 13.2 Å². The van der Waals surface area contributed by atoms with Gasteiger partial charge in [-0.15, -0.1) is 0 Å². The first-order valence-electron chi connectivity index (χ1n) is 9.24. The fourth-order valence-corrected chi connectivity index (χ4v) is 4.10. The van der Waals surface area contributed by atoms with Crippen molar-refractivity contribution in [2.45, 2.75) is 38.5 Å². The summed E-state index contributed by atoms with van der Waals surface area (Å²) < 4.78 is 5.18. The number of nitrogens with one attached hydrogen (secondary N) is 1. The van der Waals surface area contributed by atoms with Gasteiger partial charge < -0.3 is 10.1 Å². The van der Waals surface area contributed by atoms with Gasteiger partial charge in [0.25, 0.3) is 5.91 Å². The number of benzene rings is 1. The van der Waals surface area contributed by atoms with Crippen LogP contribution < -0.4 is 5.32 Å². The molecule has 0 radical (unpaired) electrons. The molecule has 0 aliphatic heterocycles. The molecule has 0 spiro atoms. The Labute approximate surface area is 158 Å². The minimum absolute atomic E-state index is 0.00764. The predicted molar refractivity (Wildman–Crippen MR) is 97.7 cm³/mol. The molecule has 1 unspecified atom stereocenters. The van der Waals surface area contributed by atoms with Crippen LogP contribution in [0.15, 0.2) is 24.3 Å². The number of halogens is 1. The Hall–Kier alpha value is -1.88. The van der Waals surface area contributed by atoms with Crippen LogP contribution >= 0.6 is 11.6 Å². The smallest absolute Gasteiger partial charge is 0.309 e. The molecular weight excluding hydrogens is 354 g/mol. The van der Waals surface area contributed by atoms with Gasteiger partial charge in [0.15, 0.2) is 6.61 Å². The highest BCUT2D eigenvalue weighted by molar-refractivity contribution is 6.30. The number of ether oxygens (including phenoxy) is 1. The highest BCUT2D eigenvalue weighted by Gasteiger charge is 2.41. The summed E-state index contributed by atoms with van der Waals surface area (Å²) in [6, 6.07) is 7.45. The molecule has 1 aromatic rings. The van der Waals surface area contributed by atoms with Crippen molar-refractivity contribution in [2.24, 2.45) is 17.8 Å². The third-order valence-corrected chi connectivity index (χ3v) is 5.63. The SMILES string of the molecule is O=C(COC(=O)C1C[C@H]2CCC[C@@H](C1)C2=O)NCCc1ccc(Cl)cc1. The normalized spacial score (nSPS) is 24.8. The van der Waals surface area contributed by atoms with Crippen LogP contribution in [-0.4, -0.2) is 30.8 Å². The van der Waals surface area contributed by atoms with E-state index in [1.54, 1.807) is 0 Å². The molecule has 26 heavy (non-hydrogen) atoms. The minimum Gasteiger partial charge on any atom is -0.455 e. The van der Waals surface area contributed by atoms with Gasteiger partial charge in [-0.05, 0) is 49.8 Å². The van der Waals surface area contributed by atoms with Crippen LogP contribution in [0.2, 0.25) is 5.02 Å². The quantitative estimate of drug-likeness (QED) is 0.773. The summed E-state index contributed by atoms with van der Waals surface area (Å²) in [7, 11) is 0. The zero-order valence-electron chi connectivity index (χ0n) is 14.7. The van der Waals surface area contributed by atoms with Crippen LogP contribution in [0.4, 0.5) is 0 Å². The second-order valence-corrected chi connectivity index (χ2v) is 7.67. The summed E-state index contributed by atoms with van der Waals surface area (Å²) in [6.07, 6.45) is 4.66. The molecule has 1 amide bonds. The lowest BCUT2D eigenvalue weighted by molar-refractivity contribution is -0.156. The Morgan fingerprint density at radius 1 is 1.12 bits per heavy atom. The third-order valence-electron chi connectivity index (χ3n) is 5.38. The number of ketones is 1. The maximum Gasteiger partial charge on any atom is 0.309 e. The molecule has 1 N–H and O–H groups in total.